The van der Waals surface area contributed by atoms with Crippen LogP contribution in [0.4, 0.5) is 5.69 Å². The van der Waals surface area contributed by atoms with E-state index >= 15 is 0 Å². The first kappa shape index (κ1) is 24.4. The number of anilines is 1. The lowest BCUT2D eigenvalue weighted by atomic mass is 10.1. The molecule has 2 aromatic rings. The van der Waals surface area contributed by atoms with E-state index in [-0.39, 0.29) is 19.0 Å². The Hall–Kier alpha value is -2.87. The molecule has 0 spiro atoms. The molecule has 2 aromatic carbocycles. The van der Waals surface area contributed by atoms with Crippen LogP contribution >= 0.6 is 0 Å². The Morgan fingerprint density at radius 2 is 1.71 bits per heavy atom. The minimum atomic E-state index is -3.73. The monoisotopic (exact) mass is 445 g/mol. The maximum absolute atomic E-state index is 13.3. The largest absolute Gasteiger partial charge is 0.355 e. The Labute approximate surface area is 185 Å². The van der Waals surface area contributed by atoms with E-state index in [1.807, 2.05) is 56.3 Å². The second-order valence-corrected chi connectivity index (χ2v) is 9.54. The highest BCUT2D eigenvalue weighted by Crippen LogP contribution is 2.24. The van der Waals surface area contributed by atoms with E-state index in [0.717, 1.165) is 27.3 Å². The van der Waals surface area contributed by atoms with Gasteiger partial charge in [0.1, 0.15) is 12.6 Å². The molecule has 0 aliphatic heterocycles. The predicted molar refractivity (Wildman–Crippen MR) is 123 cm³/mol. The Morgan fingerprint density at radius 3 is 2.26 bits per heavy atom. The smallest absolute Gasteiger partial charge is 0.244 e. The molecule has 1 N–H and O–H groups in total. The van der Waals surface area contributed by atoms with Crippen molar-refractivity contribution in [3.63, 3.8) is 0 Å². The Balaban J connectivity index is 2.39. The van der Waals surface area contributed by atoms with Crippen molar-refractivity contribution in [3.05, 3.63) is 65.2 Å². The minimum absolute atomic E-state index is 0.197. The van der Waals surface area contributed by atoms with Crippen molar-refractivity contribution in [3.8, 4) is 0 Å². The van der Waals surface area contributed by atoms with Crippen LogP contribution in [0.3, 0.4) is 0 Å². The molecule has 0 saturated carbocycles. The molecule has 0 radical (unpaired) electrons. The van der Waals surface area contributed by atoms with Crippen molar-refractivity contribution in [2.75, 3.05) is 23.7 Å². The number of hydrogen-bond acceptors (Lipinski definition) is 4. The number of amides is 2. The summed E-state index contributed by atoms with van der Waals surface area (Å²) in [6.07, 6.45) is 1.08. The molecule has 0 aromatic heterocycles. The van der Waals surface area contributed by atoms with Crippen LogP contribution in [0.5, 0.6) is 0 Å². The van der Waals surface area contributed by atoms with Crippen molar-refractivity contribution in [2.24, 2.45) is 0 Å². The number of nitrogens with zero attached hydrogens (tertiary/aromatic N) is 2. The van der Waals surface area contributed by atoms with Crippen LogP contribution in [0.25, 0.3) is 0 Å². The summed E-state index contributed by atoms with van der Waals surface area (Å²) in [5, 5.41) is 2.73. The van der Waals surface area contributed by atoms with Gasteiger partial charge in [-0.05, 0) is 44.9 Å². The first-order valence-electron chi connectivity index (χ1n) is 10.2. The molecule has 168 valence electrons. The van der Waals surface area contributed by atoms with E-state index in [9.17, 15) is 18.0 Å². The minimum Gasteiger partial charge on any atom is -0.355 e. The highest BCUT2D eigenvalue weighted by molar-refractivity contribution is 7.92. The van der Waals surface area contributed by atoms with Crippen LogP contribution in [-0.2, 0) is 26.2 Å². The average Bonchev–Trinajstić information content (AvgIpc) is 2.70. The van der Waals surface area contributed by atoms with E-state index in [1.165, 1.54) is 4.90 Å². The fourth-order valence-electron chi connectivity index (χ4n) is 3.36. The van der Waals surface area contributed by atoms with E-state index in [4.69, 9.17) is 0 Å². The number of likely N-dealkylation sites (N-methyl/N-ethyl adjacent to an activating group) is 1. The molecule has 31 heavy (non-hydrogen) atoms. The van der Waals surface area contributed by atoms with Gasteiger partial charge in [0, 0.05) is 13.1 Å². The summed E-state index contributed by atoms with van der Waals surface area (Å²) in [5.41, 5.74) is 3.05. The normalized spacial score (nSPS) is 12.2. The zero-order valence-corrected chi connectivity index (χ0v) is 19.6. The molecule has 1 atom stereocenters. The molecule has 2 amide bonds. The quantitative estimate of drug-likeness (QED) is 0.643. The summed E-state index contributed by atoms with van der Waals surface area (Å²) in [4.78, 5) is 27.3. The number of hydrogen-bond donors (Lipinski definition) is 1. The molecular weight excluding hydrogens is 414 g/mol. The van der Waals surface area contributed by atoms with Gasteiger partial charge < -0.3 is 10.2 Å². The topological polar surface area (TPSA) is 86.8 Å². The van der Waals surface area contributed by atoms with Crippen molar-refractivity contribution in [1.29, 1.82) is 0 Å². The molecule has 0 heterocycles. The average molecular weight is 446 g/mol. The standard InChI is InChI=1S/C23H31N3O4S/c1-6-24-23(28)19(4)25(15-20-10-8-7-9-11-20)22(27)16-26(31(5,29)30)21-13-12-17(2)14-18(21)3/h7-14,19H,6,15-16H2,1-5H3,(H,24,28). The number of rotatable bonds is 9. The zero-order chi connectivity index (χ0) is 23.2. The van der Waals surface area contributed by atoms with Crippen molar-refractivity contribution in [1.82, 2.24) is 10.2 Å². The van der Waals surface area contributed by atoms with E-state index in [1.54, 1.807) is 19.9 Å². The lowest BCUT2D eigenvalue weighted by Crippen LogP contribution is -2.51. The van der Waals surface area contributed by atoms with Crippen molar-refractivity contribution < 1.29 is 18.0 Å². The first-order chi connectivity index (χ1) is 14.5. The molecule has 8 heteroatoms. The summed E-state index contributed by atoms with van der Waals surface area (Å²) >= 11 is 0. The van der Waals surface area contributed by atoms with Gasteiger partial charge in [-0.25, -0.2) is 8.42 Å². The number of nitrogens with one attached hydrogen (secondary N) is 1. The molecule has 2 rings (SSSR count). The van der Waals surface area contributed by atoms with Gasteiger partial charge in [-0.1, -0.05) is 48.0 Å². The van der Waals surface area contributed by atoms with E-state index < -0.39 is 22.0 Å². The number of carbonyl (C=O) groups is 2. The van der Waals surface area contributed by atoms with Crippen LogP contribution in [0.1, 0.15) is 30.5 Å². The van der Waals surface area contributed by atoms with Gasteiger partial charge in [0.2, 0.25) is 21.8 Å². The highest BCUT2D eigenvalue weighted by Gasteiger charge is 2.30. The molecule has 1 unspecified atom stereocenters. The molecular formula is C23H31N3O4S. The maximum atomic E-state index is 13.3. The number of carbonyl (C=O) groups excluding carboxylic acids is 2. The van der Waals surface area contributed by atoms with Gasteiger partial charge >= 0.3 is 0 Å². The summed E-state index contributed by atoms with van der Waals surface area (Å²) in [6.45, 7) is 7.43. The van der Waals surface area contributed by atoms with Crippen LogP contribution in [0.15, 0.2) is 48.5 Å². The third-order valence-corrected chi connectivity index (χ3v) is 6.14. The van der Waals surface area contributed by atoms with Gasteiger partial charge in [0.15, 0.2) is 0 Å². The number of sulfonamides is 1. The summed E-state index contributed by atoms with van der Waals surface area (Å²) in [5.74, 6) is -0.739. The van der Waals surface area contributed by atoms with Gasteiger partial charge in [-0.2, -0.15) is 0 Å². The molecule has 0 fully saturated rings. The van der Waals surface area contributed by atoms with Crippen LogP contribution in [0.2, 0.25) is 0 Å². The summed E-state index contributed by atoms with van der Waals surface area (Å²) < 4.78 is 26.2. The fraction of sp³-hybridized carbons (Fsp3) is 0.391. The van der Waals surface area contributed by atoms with Crippen molar-refractivity contribution >= 4 is 27.5 Å². The summed E-state index contributed by atoms with van der Waals surface area (Å²) in [7, 11) is -3.73. The highest BCUT2D eigenvalue weighted by atomic mass is 32.2. The first-order valence-corrected chi connectivity index (χ1v) is 12.1. The predicted octanol–water partition coefficient (Wildman–Crippen LogP) is 2.62. The van der Waals surface area contributed by atoms with Crippen molar-refractivity contribution in [2.45, 2.75) is 40.3 Å². The number of aryl methyl sites for hydroxylation is 2. The maximum Gasteiger partial charge on any atom is 0.244 e. The van der Waals surface area contributed by atoms with Crippen LogP contribution in [-0.4, -0.2) is 50.5 Å². The number of benzene rings is 2. The van der Waals surface area contributed by atoms with Gasteiger partial charge in [0.05, 0.1) is 11.9 Å². The fourth-order valence-corrected chi connectivity index (χ4v) is 4.27. The lowest BCUT2D eigenvalue weighted by molar-refractivity contribution is -0.139. The van der Waals surface area contributed by atoms with Gasteiger partial charge in [-0.3, -0.25) is 13.9 Å². The Morgan fingerprint density at radius 1 is 1.06 bits per heavy atom. The van der Waals surface area contributed by atoms with Crippen LogP contribution < -0.4 is 9.62 Å². The molecule has 7 nitrogen and oxygen atoms in total. The van der Waals surface area contributed by atoms with E-state index in [0.29, 0.717) is 12.2 Å². The van der Waals surface area contributed by atoms with Crippen LogP contribution in [0, 0.1) is 13.8 Å². The third-order valence-electron chi connectivity index (χ3n) is 5.01. The second-order valence-electron chi connectivity index (χ2n) is 7.64. The summed E-state index contributed by atoms with van der Waals surface area (Å²) in [6, 6.07) is 13.9. The zero-order valence-electron chi connectivity index (χ0n) is 18.8. The Bertz CT molecular complexity index is 1020. The lowest BCUT2D eigenvalue weighted by Gasteiger charge is -2.32. The van der Waals surface area contributed by atoms with Gasteiger partial charge in [0.25, 0.3) is 0 Å². The van der Waals surface area contributed by atoms with E-state index in [2.05, 4.69) is 5.32 Å². The van der Waals surface area contributed by atoms with Gasteiger partial charge in [-0.15, -0.1) is 0 Å². The SMILES string of the molecule is CCNC(=O)C(C)N(Cc1ccccc1)C(=O)CN(c1ccc(C)cc1C)S(C)(=O)=O. The second kappa shape index (κ2) is 10.4. The molecule has 0 saturated heterocycles. The third kappa shape index (κ3) is 6.55. The Kier molecular flexibility index (Phi) is 8.21. The molecule has 0 bridgehead atoms. The molecule has 0 aliphatic carbocycles. The molecule has 0 aliphatic rings.